The van der Waals surface area contributed by atoms with Crippen LogP contribution in [-0.4, -0.2) is 0 Å². The van der Waals surface area contributed by atoms with Crippen molar-refractivity contribution in [2.75, 3.05) is 0 Å². The van der Waals surface area contributed by atoms with Gasteiger partial charge in [0, 0.05) is 10.8 Å². The highest BCUT2D eigenvalue weighted by Crippen LogP contribution is 2.07. The van der Waals surface area contributed by atoms with Crippen molar-refractivity contribution in [2.45, 2.75) is 27.2 Å². The van der Waals surface area contributed by atoms with Gasteiger partial charge in [0.25, 0.3) is 0 Å². The Morgan fingerprint density at radius 3 is 2.59 bits per heavy atom. The summed E-state index contributed by atoms with van der Waals surface area (Å²) in [5.74, 6) is 0.832. The van der Waals surface area contributed by atoms with Gasteiger partial charge < -0.3 is 4.42 Å². The summed E-state index contributed by atoms with van der Waals surface area (Å²) in [5.41, 5.74) is 2.00. The SMILES string of the molecule is C=Cc1oc(=C/C)/c(=C\C=C/C)c1/C=C\CC. The zero-order valence-electron chi connectivity index (χ0n) is 10.9. The highest BCUT2D eigenvalue weighted by atomic mass is 16.3. The Kier molecular flexibility index (Phi) is 5.28. The van der Waals surface area contributed by atoms with Crippen molar-refractivity contribution in [1.82, 2.24) is 0 Å². The first-order valence-corrected chi connectivity index (χ1v) is 5.99. The minimum absolute atomic E-state index is 0.832. The minimum atomic E-state index is 0.832. The first-order valence-electron chi connectivity index (χ1n) is 5.99. The van der Waals surface area contributed by atoms with Crippen LogP contribution in [0.3, 0.4) is 0 Å². The molecule has 1 aromatic rings. The predicted molar refractivity (Wildman–Crippen MR) is 76.8 cm³/mol. The molecule has 0 unspecified atom stereocenters. The van der Waals surface area contributed by atoms with Gasteiger partial charge in [-0.1, -0.05) is 43.9 Å². The zero-order valence-corrected chi connectivity index (χ0v) is 10.9. The molecule has 1 aromatic heterocycles. The van der Waals surface area contributed by atoms with Crippen LogP contribution in [0.25, 0.3) is 24.3 Å². The van der Waals surface area contributed by atoms with Crippen LogP contribution in [0.5, 0.6) is 0 Å². The summed E-state index contributed by atoms with van der Waals surface area (Å²) in [7, 11) is 0. The molecule has 90 valence electrons. The molecule has 0 aromatic carbocycles. The van der Waals surface area contributed by atoms with Crippen molar-refractivity contribution in [3.05, 3.63) is 46.8 Å². The van der Waals surface area contributed by atoms with Crippen molar-refractivity contribution in [1.29, 1.82) is 0 Å². The van der Waals surface area contributed by atoms with Crippen molar-refractivity contribution in [2.24, 2.45) is 0 Å². The van der Waals surface area contributed by atoms with E-state index in [2.05, 4.69) is 31.7 Å². The maximum Gasteiger partial charge on any atom is 0.134 e. The average Bonchev–Trinajstić information content (AvgIpc) is 2.70. The van der Waals surface area contributed by atoms with E-state index in [1.165, 1.54) is 0 Å². The molecular weight excluding hydrogens is 208 g/mol. The lowest BCUT2D eigenvalue weighted by Gasteiger charge is -1.89. The van der Waals surface area contributed by atoms with Crippen LogP contribution in [0.2, 0.25) is 0 Å². The minimum Gasteiger partial charge on any atom is -0.456 e. The number of furan rings is 1. The van der Waals surface area contributed by atoms with Gasteiger partial charge in [-0.25, -0.2) is 0 Å². The molecule has 0 fully saturated rings. The van der Waals surface area contributed by atoms with E-state index in [0.29, 0.717) is 0 Å². The van der Waals surface area contributed by atoms with E-state index >= 15 is 0 Å². The molecule has 0 amide bonds. The fourth-order valence-electron chi connectivity index (χ4n) is 1.63. The molecule has 0 saturated carbocycles. The second-order valence-electron chi connectivity index (χ2n) is 3.65. The molecule has 0 radical (unpaired) electrons. The molecule has 0 N–H and O–H groups in total. The van der Waals surface area contributed by atoms with E-state index < -0.39 is 0 Å². The second kappa shape index (κ2) is 6.74. The van der Waals surface area contributed by atoms with Gasteiger partial charge in [-0.15, -0.1) is 0 Å². The Bertz CT molecular complexity index is 539. The van der Waals surface area contributed by atoms with Crippen molar-refractivity contribution in [3.8, 4) is 0 Å². The van der Waals surface area contributed by atoms with Gasteiger partial charge in [0.05, 0.1) is 0 Å². The molecule has 0 aliphatic rings. The molecule has 1 heterocycles. The van der Waals surface area contributed by atoms with Gasteiger partial charge >= 0.3 is 0 Å². The Labute approximate surface area is 103 Å². The third-order valence-electron chi connectivity index (χ3n) is 2.46. The monoisotopic (exact) mass is 228 g/mol. The predicted octanol–water partition coefficient (Wildman–Crippen LogP) is 3.50. The number of hydrogen-bond donors (Lipinski definition) is 0. The van der Waals surface area contributed by atoms with Crippen LogP contribution in [0.1, 0.15) is 38.5 Å². The number of allylic oxidation sites excluding steroid dienone is 3. The van der Waals surface area contributed by atoms with Gasteiger partial charge in [-0.2, -0.15) is 0 Å². The van der Waals surface area contributed by atoms with Crippen LogP contribution in [0, 0.1) is 0 Å². The third kappa shape index (κ3) is 3.10. The normalized spacial score (nSPS) is 14.3. The Morgan fingerprint density at radius 1 is 1.29 bits per heavy atom. The van der Waals surface area contributed by atoms with Gasteiger partial charge in [-0.05, 0) is 32.4 Å². The summed E-state index contributed by atoms with van der Waals surface area (Å²) < 4.78 is 5.75. The van der Waals surface area contributed by atoms with Crippen LogP contribution >= 0.6 is 0 Å². The molecule has 1 heteroatoms. The van der Waals surface area contributed by atoms with E-state index in [1.54, 1.807) is 6.08 Å². The molecule has 0 aliphatic carbocycles. The maximum atomic E-state index is 5.75. The fraction of sp³-hybridized carbons (Fsp3) is 0.250. The van der Waals surface area contributed by atoms with Crippen molar-refractivity contribution < 1.29 is 4.42 Å². The molecule has 0 saturated heterocycles. The largest absolute Gasteiger partial charge is 0.456 e. The van der Waals surface area contributed by atoms with Gasteiger partial charge in [0.15, 0.2) is 0 Å². The molecule has 1 rings (SSSR count). The number of rotatable bonds is 4. The van der Waals surface area contributed by atoms with Crippen LogP contribution in [0.15, 0.2) is 29.2 Å². The maximum absolute atomic E-state index is 5.75. The Morgan fingerprint density at radius 2 is 2.06 bits per heavy atom. The van der Waals surface area contributed by atoms with Crippen LogP contribution in [0.4, 0.5) is 0 Å². The Balaban J connectivity index is 3.57. The first kappa shape index (κ1) is 13.3. The second-order valence-corrected chi connectivity index (χ2v) is 3.65. The summed E-state index contributed by atoms with van der Waals surface area (Å²) in [4.78, 5) is 0. The van der Waals surface area contributed by atoms with Gasteiger partial charge in [-0.3, -0.25) is 0 Å². The summed E-state index contributed by atoms with van der Waals surface area (Å²) in [6.07, 6.45) is 15.1. The third-order valence-corrected chi connectivity index (χ3v) is 2.46. The van der Waals surface area contributed by atoms with Crippen molar-refractivity contribution in [3.63, 3.8) is 0 Å². The van der Waals surface area contributed by atoms with Crippen LogP contribution in [-0.2, 0) is 0 Å². The molecular formula is C16H20O. The highest BCUT2D eigenvalue weighted by Gasteiger charge is 2.04. The topological polar surface area (TPSA) is 13.1 Å². The zero-order chi connectivity index (χ0) is 12.7. The van der Waals surface area contributed by atoms with E-state index in [-0.39, 0.29) is 0 Å². The lowest BCUT2D eigenvalue weighted by atomic mass is 10.1. The summed E-state index contributed by atoms with van der Waals surface area (Å²) in [5, 5.41) is 1.12. The average molecular weight is 228 g/mol. The fourth-order valence-corrected chi connectivity index (χ4v) is 1.63. The summed E-state index contributed by atoms with van der Waals surface area (Å²) in [6, 6.07) is 0. The smallest absolute Gasteiger partial charge is 0.134 e. The lowest BCUT2D eigenvalue weighted by molar-refractivity contribution is 0.521. The molecule has 0 bridgehead atoms. The lowest BCUT2D eigenvalue weighted by Crippen LogP contribution is -2.20. The quantitative estimate of drug-likeness (QED) is 0.768. The van der Waals surface area contributed by atoms with E-state index in [1.807, 2.05) is 32.1 Å². The van der Waals surface area contributed by atoms with E-state index in [9.17, 15) is 0 Å². The summed E-state index contributed by atoms with van der Waals surface area (Å²) >= 11 is 0. The highest BCUT2D eigenvalue weighted by molar-refractivity contribution is 5.63. The summed E-state index contributed by atoms with van der Waals surface area (Å²) in [6.45, 7) is 9.89. The standard InChI is InChI=1S/C16H20O/c1-5-9-11-13-14(12-10-6-2)16(8-4)17-15(13)7-3/h6-12H,3,5H2,1-2,4H3/b10-6-,11-9-,14-12-,16-8+. The van der Waals surface area contributed by atoms with E-state index in [0.717, 1.165) is 28.4 Å². The molecule has 0 spiro atoms. The van der Waals surface area contributed by atoms with Crippen molar-refractivity contribution >= 4 is 24.3 Å². The van der Waals surface area contributed by atoms with E-state index in [4.69, 9.17) is 4.42 Å². The van der Waals surface area contributed by atoms with Gasteiger partial charge in [0.2, 0.25) is 0 Å². The molecule has 17 heavy (non-hydrogen) atoms. The number of hydrogen-bond acceptors (Lipinski definition) is 1. The molecule has 0 atom stereocenters. The molecule has 0 aliphatic heterocycles. The molecule has 1 nitrogen and oxygen atoms in total. The Hall–Kier alpha value is -1.76. The van der Waals surface area contributed by atoms with Gasteiger partial charge in [0.1, 0.15) is 11.2 Å². The first-order chi connectivity index (χ1) is 8.28. The van der Waals surface area contributed by atoms with Crippen LogP contribution < -0.4 is 10.6 Å².